The lowest BCUT2D eigenvalue weighted by molar-refractivity contribution is 0.508. The Bertz CT molecular complexity index is 1540. The van der Waals surface area contributed by atoms with Crippen molar-refractivity contribution in [2.24, 2.45) is 5.92 Å². The van der Waals surface area contributed by atoms with Crippen molar-refractivity contribution in [2.75, 3.05) is 16.8 Å². The van der Waals surface area contributed by atoms with E-state index in [0.717, 1.165) is 0 Å². The molecule has 0 amide bonds. The lowest BCUT2D eigenvalue weighted by Gasteiger charge is -2.26. The Morgan fingerprint density at radius 1 is 1.17 bits per heavy atom. The van der Waals surface area contributed by atoms with Gasteiger partial charge < -0.3 is 16.8 Å². The van der Waals surface area contributed by atoms with Crippen molar-refractivity contribution in [3.05, 3.63) is 74.5 Å². The normalized spacial score (nSPS) is 12.0. The number of fused-ring (bicyclic) bond motifs is 1. The van der Waals surface area contributed by atoms with Crippen LogP contribution in [0, 0.1) is 30.0 Å². The molecule has 0 radical (unpaired) electrons. The van der Waals surface area contributed by atoms with Gasteiger partial charge in [-0.3, -0.25) is 9.36 Å². The van der Waals surface area contributed by atoms with E-state index < -0.39 is 17.4 Å². The van der Waals surface area contributed by atoms with Gasteiger partial charge in [0.05, 0.1) is 27.7 Å². The largest absolute Gasteiger partial charge is 0.382 e. The van der Waals surface area contributed by atoms with Crippen LogP contribution in [-0.2, 0) is 0 Å². The molecule has 0 bridgehead atoms. The maximum absolute atomic E-state index is 14.4. The molecule has 0 aliphatic carbocycles. The van der Waals surface area contributed by atoms with Gasteiger partial charge in [-0.25, -0.2) is 9.37 Å². The van der Waals surface area contributed by atoms with Crippen LogP contribution in [0.3, 0.4) is 0 Å². The molecule has 0 fully saturated rings. The van der Waals surface area contributed by atoms with Gasteiger partial charge in [-0.05, 0) is 48.7 Å². The number of nitrogen functional groups attached to an aromatic ring is 2. The van der Waals surface area contributed by atoms with Crippen molar-refractivity contribution in [1.82, 2.24) is 19.5 Å². The van der Waals surface area contributed by atoms with Crippen LogP contribution in [0.1, 0.15) is 36.8 Å². The Morgan fingerprint density at radius 2 is 1.91 bits per heavy atom. The molecular formula is C24H22ClFN8O. The second-order valence-electron chi connectivity index (χ2n) is 8.40. The molecular weight excluding hydrogens is 471 g/mol. The van der Waals surface area contributed by atoms with Gasteiger partial charge >= 0.3 is 0 Å². The summed E-state index contributed by atoms with van der Waals surface area (Å²) in [5.74, 6) is -0.523. The summed E-state index contributed by atoms with van der Waals surface area (Å²) in [5.41, 5.74) is 12.5. The number of halogens is 2. The van der Waals surface area contributed by atoms with Crippen LogP contribution in [0.5, 0.6) is 0 Å². The van der Waals surface area contributed by atoms with Gasteiger partial charge in [-0.15, -0.1) is 0 Å². The number of rotatable bonds is 5. The summed E-state index contributed by atoms with van der Waals surface area (Å²) in [6.45, 7) is 5.52. The SMILES string of the molecule is Cc1cc(F)cc(-n2c(C(Nc3nc(N)nc(N)c3C#N)C(C)C)nc3cccc(Cl)c3c2=O)c1. The zero-order chi connectivity index (χ0) is 25.4. The number of nitrogens with zero attached hydrogens (tertiary/aromatic N) is 5. The second kappa shape index (κ2) is 9.19. The van der Waals surface area contributed by atoms with Gasteiger partial charge in [0.2, 0.25) is 5.95 Å². The zero-order valence-electron chi connectivity index (χ0n) is 19.2. The van der Waals surface area contributed by atoms with Crippen LogP contribution >= 0.6 is 11.6 Å². The molecule has 4 aromatic rings. The van der Waals surface area contributed by atoms with Crippen molar-refractivity contribution in [2.45, 2.75) is 26.8 Å². The lowest BCUT2D eigenvalue weighted by atomic mass is 10.0. The van der Waals surface area contributed by atoms with Gasteiger partial charge in [-0.2, -0.15) is 15.2 Å². The number of nitrogens with two attached hydrogens (primary N) is 2. The summed E-state index contributed by atoms with van der Waals surface area (Å²) in [6.07, 6.45) is 0. The molecule has 0 spiro atoms. The molecule has 0 saturated carbocycles. The molecule has 1 unspecified atom stereocenters. The first-order valence-electron chi connectivity index (χ1n) is 10.7. The summed E-state index contributed by atoms with van der Waals surface area (Å²) in [6, 6.07) is 10.5. The average Bonchev–Trinajstić information content (AvgIpc) is 2.76. The van der Waals surface area contributed by atoms with Crippen molar-refractivity contribution in [3.8, 4) is 11.8 Å². The highest BCUT2D eigenvalue weighted by Crippen LogP contribution is 2.31. The molecule has 0 aliphatic heterocycles. The Morgan fingerprint density at radius 3 is 2.57 bits per heavy atom. The van der Waals surface area contributed by atoms with Crippen LogP contribution in [0.15, 0.2) is 41.2 Å². The summed E-state index contributed by atoms with van der Waals surface area (Å²) >= 11 is 6.36. The summed E-state index contributed by atoms with van der Waals surface area (Å²) in [5, 5.41) is 13.2. The third kappa shape index (κ3) is 4.46. The first-order valence-corrected chi connectivity index (χ1v) is 11.1. The van der Waals surface area contributed by atoms with Crippen molar-refractivity contribution in [1.29, 1.82) is 5.26 Å². The van der Waals surface area contributed by atoms with Crippen LogP contribution in [0.2, 0.25) is 5.02 Å². The van der Waals surface area contributed by atoms with Crippen LogP contribution in [0.4, 0.5) is 22.0 Å². The quantitative estimate of drug-likeness (QED) is 0.376. The van der Waals surface area contributed by atoms with E-state index in [9.17, 15) is 14.4 Å². The maximum Gasteiger partial charge on any atom is 0.267 e. The highest BCUT2D eigenvalue weighted by atomic mass is 35.5. The van der Waals surface area contributed by atoms with Crippen LogP contribution < -0.4 is 22.3 Å². The van der Waals surface area contributed by atoms with Crippen LogP contribution in [-0.4, -0.2) is 19.5 Å². The molecule has 178 valence electrons. The molecule has 11 heteroatoms. The minimum Gasteiger partial charge on any atom is -0.382 e. The first kappa shape index (κ1) is 23.9. The fraction of sp³-hybridized carbons (Fsp3) is 0.208. The standard InChI is InChI=1S/C24H22ClFN8O/c1-11(2)19(31-21-15(10-27)20(28)32-24(29)33-21)22-30-17-6-4-5-16(25)18(17)23(35)34(22)14-8-12(3)7-13(26)9-14/h4-9,11,19H,1-3H3,(H5,28,29,31,32,33). The van der Waals surface area contributed by atoms with E-state index in [0.29, 0.717) is 11.1 Å². The minimum atomic E-state index is -0.671. The van der Waals surface area contributed by atoms with E-state index in [4.69, 9.17) is 28.1 Å². The zero-order valence-corrected chi connectivity index (χ0v) is 19.9. The fourth-order valence-electron chi connectivity index (χ4n) is 3.90. The maximum atomic E-state index is 14.4. The molecule has 0 saturated heterocycles. The molecule has 35 heavy (non-hydrogen) atoms. The predicted octanol–water partition coefficient (Wildman–Crippen LogP) is 4.12. The van der Waals surface area contributed by atoms with Crippen molar-refractivity contribution < 1.29 is 4.39 Å². The van der Waals surface area contributed by atoms with Gasteiger partial charge in [-0.1, -0.05) is 31.5 Å². The van der Waals surface area contributed by atoms with Gasteiger partial charge in [0.25, 0.3) is 5.56 Å². The minimum absolute atomic E-state index is 0.00387. The monoisotopic (exact) mass is 492 g/mol. The summed E-state index contributed by atoms with van der Waals surface area (Å²) in [7, 11) is 0. The molecule has 2 aromatic carbocycles. The molecule has 0 aliphatic rings. The highest BCUT2D eigenvalue weighted by molar-refractivity contribution is 6.35. The first-order chi connectivity index (χ1) is 16.6. The Kier molecular flexibility index (Phi) is 6.28. The third-order valence-electron chi connectivity index (χ3n) is 5.46. The molecule has 4 rings (SSSR count). The van der Waals surface area contributed by atoms with Gasteiger partial charge in [0.1, 0.15) is 29.1 Å². The number of nitrogens with one attached hydrogen (secondary N) is 1. The topological polar surface area (TPSA) is 149 Å². The molecule has 2 aromatic heterocycles. The van der Waals surface area contributed by atoms with E-state index in [1.54, 1.807) is 31.2 Å². The molecule has 2 heterocycles. The number of hydrogen-bond donors (Lipinski definition) is 3. The number of aryl methyl sites for hydroxylation is 1. The number of nitriles is 1. The van der Waals surface area contributed by atoms with Crippen molar-refractivity contribution >= 4 is 40.1 Å². The molecule has 1 atom stereocenters. The number of aromatic nitrogens is 4. The molecule has 5 N–H and O–H groups in total. The van der Waals surface area contributed by atoms with Crippen LogP contribution in [0.25, 0.3) is 16.6 Å². The van der Waals surface area contributed by atoms with Gasteiger partial charge in [0.15, 0.2) is 5.82 Å². The van der Waals surface area contributed by atoms with E-state index in [1.807, 2.05) is 19.9 Å². The predicted molar refractivity (Wildman–Crippen MR) is 134 cm³/mol. The smallest absolute Gasteiger partial charge is 0.267 e. The van der Waals surface area contributed by atoms with E-state index in [1.165, 1.54) is 16.7 Å². The highest BCUT2D eigenvalue weighted by Gasteiger charge is 2.27. The Labute approximate surface area is 205 Å². The van der Waals surface area contributed by atoms with Crippen molar-refractivity contribution in [3.63, 3.8) is 0 Å². The average molecular weight is 493 g/mol. The summed E-state index contributed by atoms with van der Waals surface area (Å²) in [4.78, 5) is 26.5. The fourth-order valence-corrected chi connectivity index (χ4v) is 4.15. The van der Waals surface area contributed by atoms with E-state index >= 15 is 0 Å². The Balaban J connectivity index is 2.05. The Hall–Kier alpha value is -4.23. The summed E-state index contributed by atoms with van der Waals surface area (Å²) < 4.78 is 15.7. The molecule has 9 nitrogen and oxygen atoms in total. The third-order valence-corrected chi connectivity index (χ3v) is 5.78. The number of anilines is 3. The number of benzene rings is 2. The number of hydrogen-bond acceptors (Lipinski definition) is 8. The second-order valence-corrected chi connectivity index (χ2v) is 8.81. The van der Waals surface area contributed by atoms with E-state index in [-0.39, 0.29) is 51.0 Å². The lowest BCUT2D eigenvalue weighted by Crippen LogP contribution is -2.31. The van der Waals surface area contributed by atoms with E-state index in [2.05, 4.69) is 15.3 Å². The van der Waals surface area contributed by atoms with Gasteiger partial charge in [0, 0.05) is 0 Å².